The molecule has 0 radical (unpaired) electrons. The lowest BCUT2D eigenvalue weighted by Gasteiger charge is -2.39. The molecule has 1 aromatic rings. The Morgan fingerprint density at radius 3 is 1.61 bits per heavy atom. The highest BCUT2D eigenvalue weighted by Gasteiger charge is 2.31. The van der Waals surface area contributed by atoms with E-state index >= 15 is 0 Å². The third kappa shape index (κ3) is 3.90. The molecular weight excluding hydrogens is 294 g/mol. The van der Waals surface area contributed by atoms with Crippen LogP contribution in [0.25, 0.3) is 0 Å². The van der Waals surface area contributed by atoms with Crippen molar-refractivity contribution in [1.29, 1.82) is 0 Å². The molecule has 0 saturated carbocycles. The van der Waals surface area contributed by atoms with E-state index in [0.29, 0.717) is 13.2 Å². The van der Waals surface area contributed by atoms with Crippen molar-refractivity contribution in [2.45, 2.75) is 45.8 Å². The minimum atomic E-state index is -0.181. The van der Waals surface area contributed by atoms with E-state index in [-0.39, 0.29) is 11.2 Å². The van der Waals surface area contributed by atoms with Gasteiger partial charge in [0.2, 0.25) is 11.9 Å². The molecule has 2 aliphatic heterocycles. The normalized spacial score (nSPS) is 23.9. The van der Waals surface area contributed by atoms with Crippen LogP contribution in [0.5, 0.6) is 0 Å². The van der Waals surface area contributed by atoms with Crippen molar-refractivity contribution >= 4 is 11.9 Å². The molecule has 0 amide bonds. The fourth-order valence-electron chi connectivity index (χ4n) is 3.11. The molecular formula is C16H27N5O2. The molecule has 1 aromatic heterocycles. The van der Waals surface area contributed by atoms with Crippen LogP contribution in [0, 0.1) is 6.92 Å². The number of morpholine rings is 2. The van der Waals surface area contributed by atoms with Gasteiger partial charge in [-0.05, 0) is 34.6 Å². The molecule has 2 saturated heterocycles. The first kappa shape index (κ1) is 16.4. The predicted octanol–water partition coefficient (Wildman–Crippen LogP) is 1.41. The van der Waals surface area contributed by atoms with Gasteiger partial charge >= 0.3 is 0 Å². The number of hydrogen-bond donors (Lipinski definition) is 0. The summed E-state index contributed by atoms with van der Waals surface area (Å²) in [5.74, 6) is 2.24. The molecule has 0 atom stereocenters. The Labute approximate surface area is 138 Å². The maximum atomic E-state index is 5.78. The Bertz CT molecular complexity index is 529. The molecule has 128 valence electrons. The fraction of sp³-hybridized carbons (Fsp3) is 0.812. The molecule has 23 heavy (non-hydrogen) atoms. The molecule has 0 unspecified atom stereocenters. The van der Waals surface area contributed by atoms with Gasteiger partial charge in [0.05, 0.1) is 24.4 Å². The number of anilines is 2. The lowest BCUT2D eigenvalue weighted by atomic mass is 10.1. The van der Waals surface area contributed by atoms with E-state index in [1.165, 1.54) is 0 Å². The number of aromatic nitrogens is 3. The second-order valence-electron chi connectivity index (χ2n) is 7.54. The average Bonchev–Trinajstić information content (AvgIpc) is 2.44. The third-order valence-corrected chi connectivity index (χ3v) is 4.14. The lowest BCUT2D eigenvalue weighted by molar-refractivity contribution is -0.0285. The van der Waals surface area contributed by atoms with Crippen LogP contribution in [0.3, 0.4) is 0 Å². The molecule has 2 fully saturated rings. The quantitative estimate of drug-likeness (QED) is 0.816. The minimum Gasteiger partial charge on any atom is -0.372 e. The highest BCUT2D eigenvalue weighted by Crippen LogP contribution is 2.24. The van der Waals surface area contributed by atoms with Gasteiger partial charge in [-0.2, -0.15) is 15.0 Å². The summed E-state index contributed by atoms with van der Waals surface area (Å²) in [5.41, 5.74) is -0.361. The first-order valence-electron chi connectivity index (χ1n) is 8.25. The van der Waals surface area contributed by atoms with E-state index in [9.17, 15) is 0 Å². The van der Waals surface area contributed by atoms with Crippen LogP contribution in [-0.4, -0.2) is 65.5 Å². The van der Waals surface area contributed by atoms with E-state index in [1.807, 2.05) is 6.92 Å². The van der Waals surface area contributed by atoms with Crippen molar-refractivity contribution in [2.24, 2.45) is 0 Å². The van der Waals surface area contributed by atoms with Crippen molar-refractivity contribution in [3.05, 3.63) is 5.82 Å². The van der Waals surface area contributed by atoms with Gasteiger partial charge in [-0.1, -0.05) is 0 Å². The van der Waals surface area contributed by atoms with E-state index in [4.69, 9.17) is 14.5 Å². The third-order valence-electron chi connectivity index (χ3n) is 4.14. The van der Waals surface area contributed by atoms with Crippen LogP contribution in [0.4, 0.5) is 11.9 Å². The fourth-order valence-corrected chi connectivity index (χ4v) is 3.11. The smallest absolute Gasteiger partial charge is 0.230 e. The summed E-state index contributed by atoms with van der Waals surface area (Å²) in [7, 11) is 0. The van der Waals surface area contributed by atoms with Gasteiger partial charge in [0.15, 0.2) is 0 Å². The Kier molecular flexibility index (Phi) is 4.18. The van der Waals surface area contributed by atoms with Crippen LogP contribution in [-0.2, 0) is 9.47 Å². The zero-order chi connectivity index (χ0) is 16.7. The summed E-state index contributed by atoms with van der Waals surface area (Å²) < 4.78 is 11.6. The monoisotopic (exact) mass is 321 g/mol. The Balaban J connectivity index is 1.84. The van der Waals surface area contributed by atoms with Gasteiger partial charge in [0.25, 0.3) is 0 Å². The molecule has 0 bridgehead atoms. The molecule has 2 aliphatic rings. The van der Waals surface area contributed by atoms with Gasteiger partial charge in [0, 0.05) is 26.2 Å². The molecule has 0 N–H and O–H groups in total. The summed E-state index contributed by atoms with van der Waals surface area (Å²) >= 11 is 0. The number of hydrogen-bond acceptors (Lipinski definition) is 7. The van der Waals surface area contributed by atoms with Crippen molar-refractivity contribution in [2.75, 3.05) is 49.2 Å². The van der Waals surface area contributed by atoms with Gasteiger partial charge < -0.3 is 19.3 Å². The van der Waals surface area contributed by atoms with Crippen LogP contribution in [0.2, 0.25) is 0 Å². The Morgan fingerprint density at radius 1 is 0.783 bits per heavy atom. The standard InChI is InChI=1S/C16H27N5O2/c1-12-17-13(20-6-8-22-15(2,3)10-20)19-14(18-12)21-7-9-23-16(4,5)11-21/h6-11H2,1-5H3. The zero-order valence-electron chi connectivity index (χ0n) is 14.8. The SMILES string of the molecule is Cc1nc(N2CCOC(C)(C)C2)nc(N2CCOC(C)(C)C2)n1. The van der Waals surface area contributed by atoms with Crippen LogP contribution < -0.4 is 9.80 Å². The second kappa shape index (κ2) is 5.87. The van der Waals surface area contributed by atoms with Crippen molar-refractivity contribution < 1.29 is 9.47 Å². The van der Waals surface area contributed by atoms with Gasteiger partial charge in [-0.3, -0.25) is 0 Å². The van der Waals surface area contributed by atoms with E-state index < -0.39 is 0 Å². The molecule has 3 rings (SSSR count). The van der Waals surface area contributed by atoms with E-state index in [2.05, 4.69) is 47.5 Å². The molecule has 0 aromatic carbocycles. The Hall–Kier alpha value is -1.47. The molecule has 7 heteroatoms. The first-order chi connectivity index (χ1) is 10.7. The molecule has 0 spiro atoms. The Morgan fingerprint density at radius 2 is 1.22 bits per heavy atom. The number of rotatable bonds is 2. The summed E-state index contributed by atoms with van der Waals surface area (Å²) in [4.78, 5) is 18.2. The highest BCUT2D eigenvalue weighted by atomic mass is 16.5. The topological polar surface area (TPSA) is 63.6 Å². The molecule has 3 heterocycles. The highest BCUT2D eigenvalue weighted by molar-refractivity contribution is 5.40. The van der Waals surface area contributed by atoms with Crippen LogP contribution in [0.15, 0.2) is 0 Å². The van der Waals surface area contributed by atoms with Gasteiger partial charge in [-0.25, -0.2) is 0 Å². The van der Waals surface area contributed by atoms with Gasteiger partial charge in [-0.15, -0.1) is 0 Å². The van der Waals surface area contributed by atoms with Crippen LogP contribution >= 0.6 is 0 Å². The lowest BCUT2D eigenvalue weighted by Crippen LogP contribution is -2.50. The predicted molar refractivity (Wildman–Crippen MR) is 89.1 cm³/mol. The second-order valence-corrected chi connectivity index (χ2v) is 7.54. The van der Waals surface area contributed by atoms with Gasteiger partial charge in [0.1, 0.15) is 5.82 Å². The molecule has 0 aliphatic carbocycles. The maximum absolute atomic E-state index is 5.78. The number of ether oxygens (including phenoxy) is 2. The van der Waals surface area contributed by atoms with Crippen molar-refractivity contribution in [3.8, 4) is 0 Å². The molecule has 7 nitrogen and oxygen atoms in total. The summed E-state index contributed by atoms with van der Waals surface area (Å²) in [6, 6.07) is 0. The van der Waals surface area contributed by atoms with Crippen molar-refractivity contribution in [1.82, 2.24) is 15.0 Å². The van der Waals surface area contributed by atoms with E-state index in [1.54, 1.807) is 0 Å². The average molecular weight is 321 g/mol. The first-order valence-corrected chi connectivity index (χ1v) is 8.25. The van der Waals surface area contributed by atoms with E-state index in [0.717, 1.165) is 43.9 Å². The number of nitrogens with zero attached hydrogens (tertiary/aromatic N) is 5. The summed E-state index contributed by atoms with van der Waals surface area (Å²) in [5, 5.41) is 0. The summed E-state index contributed by atoms with van der Waals surface area (Å²) in [6.45, 7) is 14.9. The zero-order valence-corrected chi connectivity index (χ0v) is 14.8. The number of aryl methyl sites for hydroxylation is 1. The minimum absolute atomic E-state index is 0.181. The summed E-state index contributed by atoms with van der Waals surface area (Å²) in [6.07, 6.45) is 0. The van der Waals surface area contributed by atoms with Crippen molar-refractivity contribution in [3.63, 3.8) is 0 Å². The maximum Gasteiger partial charge on any atom is 0.230 e. The van der Waals surface area contributed by atoms with Crippen LogP contribution in [0.1, 0.15) is 33.5 Å². The largest absolute Gasteiger partial charge is 0.372 e.